The standard InChI is InChI=1S/C32H44O3.C3H8/c1-8-10-24(26(9-2)30(34)14-21(6)33)15-23-16-29-27(19(3)4)18-28(25-12-11-20(5)13-25)22(7)32(29)31(35)17-23;1-3-2/h11-12,18-19,23-24,26H,8-10,13-17H2,1-7H3;3H2,1-2H3. The minimum Gasteiger partial charge on any atom is -0.300 e. The van der Waals surface area contributed by atoms with Gasteiger partial charge in [-0.2, -0.15) is 0 Å². The van der Waals surface area contributed by atoms with E-state index in [1.54, 1.807) is 0 Å². The topological polar surface area (TPSA) is 51.2 Å². The number of carbonyl (C=O) groups excluding carboxylic acids is 3. The normalized spacial score (nSPS) is 18.3. The number of allylic oxidation sites excluding steroid dienone is 4. The van der Waals surface area contributed by atoms with Gasteiger partial charge >= 0.3 is 0 Å². The summed E-state index contributed by atoms with van der Waals surface area (Å²) in [6, 6.07) is 2.35. The first-order valence-electron chi connectivity index (χ1n) is 15.1. The molecule has 0 amide bonds. The second-order valence-corrected chi connectivity index (χ2v) is 12.1. The van der Waals surface area contributed by atoms with Gasteiger partial charge in [0.1, 0.15) is 11.6 Å². The van der Waals surface area contributed by atoms with Crippen LogP contribution in [0, 0.1) is 24.7 Å². The van der Waals surface area contributed by atoms with E-state index in [9.17, 15) is 14.4 Å². The van der Waals surface area contributed by atoms with Crippen LogP contribution in [0.1, 0.15) is 145 Å². The molecule has 38 heavy (non-hydrogen) atoms. The molecule has 3 rings (SSSR count). The minimum atomic E-state index is -0.0888. The van der Waals surface area contributed by atoms with Gasteiger partial charge in [0.05, 0.1) is 6.42 Å². The van der Waals surface area contributed by atoms with E-state index in [-0.39, 0.29) is 41.5 Å². The molecule has 0 fully saturated rings. The highest BCUT2D eigenvalue weighted by molar-refractivity contribution is 6.02. The van der Waals surface area contributed by atoms with Crippen molar-refractivity contribution >= 4 is 22.9 Å². The van der Waals surface area contributed by atoms with Crippen LogP contribution in [0.5, 0.6) is 0 Å². The largest absolute Gasteiger partial charge is 0.300 e. The van der Waals surface area contributed by atoms with E-state index >= 15 is 0 Å². The Morgan fingerprint density at radius 2 is 1.68 bits per heavy atom. The van der Waals surface area contributed by atoms with Crippen molar-refractivity contribution in [3.63, 3.8) is 0 Å². The van der Waals surface area contributed by atoms with Crippen molar-refractivity contribution < 1.29 is 14.4 Å². The van der Waals surface area contributed by atoms with Gasteiger partial charge in [0, 0.05) is 17.9 Å². The van der Waals surface area contributed by atoms with E-state index in [0.717, 1.165) is 49.7 Å². The van der Waals surface area contributed by atoms with Crippen LogP contribution in [0.4, 0.5) is 0 Å². The van der Waals surface area contributed by atoms with Gasteiger partial charge in [-0.3, -0.25) is 14.4 Å². The van der Waals surface area contributed by atoms with Crippen molar-refractivity contribution in [1.29, 1.82) is 0 Å². The zero-order chi connectivity index (χ0) is 28.6. The van der Waals surface area contributed by atoms with Crippen molar-refractivity contribution in [2.75, 3.05) is 0 Å². The first-order chi connectivity index (χ1) is 18.0. The lowest BCUT2D eigenvalue weighted by Crippen LogP contribution is -2.30. The maximum atomic E-state index is 13.6. The molecule has 0 heterocycles. The molecule has 0 aliphatic heterocycles. The number of Topliss-reactive ketones (excluding diaryl/α,β-unsaturated/α-hetero) is 3. The number of fused-ring (bicyclic) bond motifs is 1. The van der Waals surface area contributed by atoms with Gasteiger partial charge in [0.2, 0.25) is 0 Å². The molecule has 1 aromatic carbocycles. The van der Waals surface area contributed by atoms with Crippen molar-refractivity contribution in [1.82, 2.24) is 0 Å². The summed E-state index contributed by atoms with van der Waals surface area (Å²) in [6.45, 7) is 18.7. The summed E-state index contributed by atoms with van der Waals surface area (Å²) in [5.74, 6) is 1.03. The lowest BCUT2D eigenvalue weighted by atomic mass is 9.70. The van der Waals surface area contributed by atoms with E-state index in [4.69, 9.17) is 0 Å². The Morgan fingerprint density at radius 1 is 1.03 bits per heavy atom. The molecule has 2 aliphatic rings. The van der Waals surface area contributed by atoms with Crippen LogP contribution in [0.2, 0.25) is 0 Å². The van der Waals surface area contributed by atoms with Crippen molar-refractivity contribution in [2.45, 2.75) is 126 Å². The predicted molar refractivity (Wildman–Crippen MR) is 161 cm³/mol. The van der Waals surface area contributed by atoms with Gasteiger partial charge in [-0.1, -0.05) is 84.6 Å². The maximum Gasteiger partial charge on any atom is 0.163 e. The van der Waals surface area contributed by atoms with Gasteiger partial charge in [-0.15, -0.1) is 0 Å². The Kier molecular flexibility index (Phi) is 12.4. The Hall–Kier alpha value is -2.29. The third kappa shape index (κ3) is 7.87. The second kappa shape index (κ2) is 14.8. The minimum absolute atomic E-state index is 0.0365. The van der Waals surface area contributed by atoms with Gasteiger partial charge < -0.3 is 0 Å². The maximum absolute atomic E-state index is 13.6. The van der Waals surface area contributed by atoms with E-state index < -0.39 is 0 Å². The highest BCUT2D eigenvalue weighted by Crippen LogP contribution is 2.42. The summed E-state index contributed by atoms with van der Waals surface area (Å²) >= 11 is 0. The molecule has 0 spiro atoms. The molecule has 0 saturated carbocycles. The van der Waals surface area contributed by atoms with Crippen molar-refractivity contribution in [3.05, 3.63) is 51.6 Å². The van der Waals surface area contributed by atoms with Crippen LogP contribution in [-0.2, 0) is 16.0 Å². The SMILES string of the molecule is CCC.CCCC(CC1CC(=O)c2c(C)c(C3=CC=C(C)C3)cc(C(C)C)c2C1)C(CC)C(=O)CC(C)=O. The number of benzene rings is 1. The summed E-state index contributed by atoms with van der Waals surface area (Å²) in [6.07, 6.45) is 11.7. The van der Waals surface area contributed by atoms with Crippen LogP contribution >= 0.6 is 0 Å². The summed E-state index contributed by atoms with van der Waals surface area (Å²) < 4.78 is 0. The molecule has 0 radical (unpaired) electrons. The third-order valence-electron chi connectivity index (χ3n) is 8.12. The zero-order valence-electron chi connectivity index (χ0n) is 25.6. The molecule has 0 aromatic heterocycles. The van der Waals surface area contributed by atoms with Crippen LogP contribution < -0.4 is 0 Å². The smallest absolute Gasteiger partial charge is 0.163 e. The number of rotatable bonds is 11. The molecule has 1 aromatic rings. The first kappa shape index (κ1) is 31.9. The molecule has 3 unspecified atom stereocenters. The molecule has 0 saturated heterocycles. The van der Waals surface area contributed by atoms with Crippen LogP contribution in [-0.4, -0.2) is 17.3 Å². The molecule has 3 nitrogen and oxygen atoms in total. The predicted octanol–water partition coefficient (Wildman–Crippen LogP) is 9.39. The van der Waals surface area contributed by atoms with Gasteiger partial charge in [0.25, 0.3) is 0 Å². The van der Waals surface area contributed by atoms with E-state index in [1.165, 1.54) is 41.2 Å². The number of hydrogen-bond acceptors (Lipinski definition) is 3. The fourth-order valence-corrected chi connectivity index (χ4v) is 6.52. The van der Waals surface area contributed by atoms with Crippen LogP contribution in [0.15, 0.2) is 23.8 Å². The lowest BCUT2D eigenvalue weighted by molar-refractivity contribution is -0.129. The van der Waals surface area contributed by atoms with Gasteiger partial charge in [0.15, 0.2) is 5.78 Å². The fraction of sp³-hybridized carbons (Fsp3) is 0.629. The lowest BCUT2D eigenvalue weighted by Gasteiger charge is -2.33. The van der Waals surface area contributed by atoms with Crippen molar-refractivity contribution in [2.24, 2.45) is 17.8 Å². The molecular weight excluding hydrogens is 468 g/mol. The zero-order valence-corrected chi connectivity index (χ0v) is 25.6. The number of ketones is 3. The highest BCUT2D eigenvalue weighted by atomic mass is 16.1. The average Bonchev–Trinajstić information content (AvgIpc) is 3.25. The Bertz CT molecular complexity index is 1070. The molecule has 3 atom stereocenters. The quantitative estimate of drug-likeness (QED) is 0.273. The third-order valence-corrected chi connectivity index (χ3v) is 8.12. The second-order valence-electron chi connectivity index (χ2n) is 12.1. The van der Waals surface area contributed by atoms with E-state index in [0.29, 0.717) is 12.3 Å². The summed E-state index contributed by atoms with van der Waals surface area (Å²) in [5, 5.41) is 0. The van der Waals surface area contributed by atoms with E-state index in [2.05, 4.69) is 73.6 Å². The fourth-order valence-electron chi connectivity index (χ4n) is 6.52. The Balaban J connectivity index is 0.00000161. The van der Waals surface area contributed by atoms with E-state index in [1.807, 2.05) is 0 Å². The monoisotopic (exact) mass is 520 g/mol. The Morgan fingerprint density at radius 3 is 2.18 bits per heavy atom. The first-order valence-corrected chi connectivity index (χ1v) is 15.1. The molecule has 3 heteroatoms. The molecule has 0 N–H and O–H groups in total. The molecule has 2 aliphatic carbocycles. The van der Waals surface area contributed by atoms with Crippen molar-refractivity contribution in [3.8, 4) is 0 Å². The number of carbonyl (C=O) groups is 3. The highest BCUT2D eigenvalue weighted by Gasteiger charge is 2.35. The summed E-state index contributed by atoms with van der Waals surface area (Å²) in [4.78, 5) is 38.1. The molecule has 210 valence electrons. The average molecular weight is 521 g/mol. The van der Waals surface area contributed by atoms with Crippen LogP contribution in [0.3, 0.4) is 0 Å². The van der Waals surface area contributed by atoms with Gasteiger partial charge in [-0.05, 0) is 92.0 Å². The Labute approximate surface area is 232 Å². The molecular formula is C35H52O3. The summed E-state index contributed by atoms with van der Waals surface area (Å²) in [5.41, 5.74) is 8.55. The van der Waals surface area contributed by atoms with Gasteiger partial charge in [-0.25, -0.2) is 0 Å². The van der Waals surface area contributed by atoms with Crippen LogP contribution in [0.25, 0.3) is 5.57 Å². The number of hydrogen-bond donors (Lipinski definition) is 0. The summed E-state index contributed by atoms with van der Waals surface area (Å²) in [7, 11) is 0. The molecule has 0 bridgehead atoms.